The van der Waals surface area contributed by atoms with Gasteiger partial charge in [-0.25, -0.2) is 9.97 Å². The maximum absolute atomic E-state index is 4.68. The molecule has 0 saturated heterocycles. The molecule has 1 aromatic heterocycles. The second-order valence-electron chi connectivity index (χ2n) is 4.67. The van der Waals surface area contributed by atoms with Crippen LogP contribution in [0.25, 0.3) is 0 Å². The molecule has 1 aromatic carbocycles. The van der Waals surface area contributed by atoms with E-state index in [0.717, 1.165) is 35.2 Å². The highest BCUT2D eigenvalue weighted by Crippen LogP contribution is 2.33. The van der Waals surface area contributed by atoms with Crippen molar-refractivity contribution in [3.05, 3.63) is 41.2 Å². The molecule has 0 spiro atoms. The van der Waals surface area contributed by atoms with Gasteiger partial charge in [-0.15, -0.1) is 0 Å². The first-order valence-electron chi connectivity index (χ1n) is 7.00. The number of aromatic nitrogens is 2. The molecule has 106 valence electrons. The molecule has 3 nitrogen and oxygen atoms in total. The van der Waals surface area contributed by atoms with Crippen LogP contribution < -0.4 is 5.32 Å². The zero-order valence-corrected chi connectivity index (χ0v) is 13.3. The lowest BCUT2D eigenvalue weighted by molar-refractivity contribution is 0.870. The fourth-order valence-electron chi connectivity index (χ4n) is 1.91. The first kappa shape index (κ1) is 14.9. The van der Waals surface area contributed by atoms with Gasteiger partial charge in [-0.05, 0) is 32.4 Å². The van der Waals surface area contributed by atoms with Gasteiger partial charge in [0.1, 0.15) is 16.7 Å². The fourth-order valence-corrected chi connectivity index (χ4v) is 2.90. The van der Waals surface area contributed by atoms with Crippen molar-refractivity contribution in [1.82, 2.24) is 9.97 Å². The summed E-state index contributed by atoms with van der Waals surface area (Å²) < 4.78 is 0. The van der Waals surface area contributed by atoms with Crippen LogP contribution >= 0.6 is 11.8 Å². The quantitative estimate of drug-likeness (QED) is 0.835. The van der Waals surface area contributed by atoms with Crippen molar-refractivity contribution in [3.8, 4) is 0 Å². The number of nitrogens with zero attached hydrogens (tertiary/aromatic N) is 2. The van der Waals surface area contributed by atoms with Gasteiger partial charge < -0.3 is 5.32 Å². The third-order valence-corrected chi connectivity index (χ3v) is 4.38. The summed E-state index contributed by atoms with van der Waals surface area (Å²) in [6.07, 6.45) is 0.847. The molecule has 4 heteroatoms. The Bertz CT molecular complexity index is 596. The van der Waals surface area contributed by atoms with Gasteiger partial charge in [0.2, 0.25) is 0 Å². The monoisotopic (exact) mass is 287 g/mol. The molecule has 0 fully saturated rings. The minimum Gasteiger partial charge on any atom is -0.370 e. The van der Waals surface area contributed by atoms with E-state index in [-0.39, 0.29) is 0 Å². The van der Waals surface area contributed by atoms with Crippen LogP contribution in [0.5, 0.6) is 0 Å². The van der Waals surface area contributed by atoms with E-state index in [1.54, 1.807) is 11.8 Å². The lowest BCUT2D eigenvalue weighted by Gasteiger charge is -2.13. The van der Waals surface area contributed by atoms with Crippen LogP contribution in [0.3, 0.4) is 0 Å². The van der Waals surface area contributed by atoms with E-state index < -0.39 is 0 Å². The Morgan fingerprint density at radius 3 is 2.50 bits per heavy atom. The number of nitrogens with one attached hydrogen (secondary N) is 1. The molecule has 0 atom stereocenters. The van der Waals surface area contributed by atoms with Crippen molar-refractivity contribution < 1.29 is 0 Å². The molecule has 2 aromatic rings. The molecular weight excluding hydrogens is 266 g/mol. The third-order valence-electron chi connectivity index (χ3n) is 3.11. The van der Waals surface area contributed by atoms with Gasteiger partial charge >= 0.3 is 0 Å². The highest BCUT2D eigenvalue weighted by Gasteiger charge is 2.12. The van der Waals surface area contributed by atoms with Crippen LogP contribution in [-0.2, 0) is 6.42 Å². The number of aryl methyl sites for hydroxylation is 2. The van der Waals surface area contributed by atoms with Crippen molar-refractivity contribution in [2.75, 3.05) is 11.9 Å². The van der Waals surface area contributed by atoms with Crippen LogP contribution in [0.4, 0.5) is 5.82 Å². The minimum absolute atomic E-state index is 0.847. The van der Waals surface area contributed by atoms with E-state index in [1.807, 2.05) is 0 Å². The largest absolute Gasteiger partial charge is 0.370 e. The molecule has 1 heterocycles. The normalized spacial score (nSPS) is 10.6. The first-order valence-corrected chi connectivity index (χ1v) is 7.82. The summed E-state index contributed by atoms with van der Waals surface area (Å²) in [6, 6.07) is 8.40. The molecule has 20 heavy (non-hydrogen) atoms. The van der Waals surface area contributed by atoms with Crippen molar-refractivity contribution in [2.24, 2.45) is 0 Å². The Hall–Kier alpha value is -1.55. The Labute approximate surface area is 125 Å². The van der Waals surface area contributed by atoms with Crippen LogP contribution in [0.15, 0.2) is 34.2 Å². The van der Waals surface area contributed by atoms with E-state index in [9.17, 15) is 0 Å². The standard InChI is InChI=1S/C16H21N3S/c1-5-14-18-15(17-6-2)12(4)16(19-14)20-13-10-8-7-9-11(13)3/h7-10H,5-6H2,1-4H3,(H,17,18,19). The van der Waals surface area contributed by atoms with Gasteiger partial charge in [-0.3, -0.25) is 0 Å². The molecular formula is C16H21N3S. The van der Waals surface area contributed by atoms with E-state index in [4.69, 9.17) is 0 Å². The summed E-state index contributed by atoms with van der Waals surface area (Å²) in [4.78, 5) is 10.5. The van der Waals surface area contributed by atoms with Gasteiger partial charge in [0, 0.05) is 23.4 Å². The summed E-state index contributed by atoms with van der Waals surface area (Å²) in [5.41, 5.74) is 2.40. The van der Waals surface area contributed by atoms with Crippen LogP contribution in [0.2, 0.25) is 0 Å². The summed E-state index contributed by atoms with van der Waals surface area (Å²) in [7, 11) is 0. The van der Waals surface area contributed by atoms with Crippen LogP contribution in [0, 0.1) is 13.8 Å². The summed E-state index contributed by atoms with van der Waals surface area (Å²) >= 11 is 1.72. The molecule has 0 saturated carbocycles. The number of benzene rings is 1. The lowest BCUT2D eigenvalue weighted by Crippen LogP contribution is -2.07. The molecule has 0 radical (unpaired) electrons. The van der Waals surface area contributed by atoms with E-state index in [2.05, 4.69) is 67.2 Å². The van der Waals surface area contributed by atoms with Crippen molar-refractivity contribution in [2.45, 2.75) is 44.0 Å². The number of anilines is 1. The maximum atomic E-state index is 4.68. The van der Waals surface area contributed by atoms with Gasteiger partial charge in [-0.1, -0.05) is 36.9 Å². The zero-order chi connectivity index (χ0) is 14.5. The highest BCUT2D eigenvalue weighted by atomic mass is 32.2. The molecule has 0 unspecified atom stereocenters. The molecule has 0 bridgehead atoms. The van der Waals surface area contributed by atoms with Crippen LogP contribution in [0.1, 0.15) is 30.8 Å². The van der Waals surface area contributed by atoms with E-state index in [0.29, 0.717) is 0 Å². The maximum Gasteiger partial charge on any atom is 0.133 e. The predicted molar refractivity (Wildman–Crippen MR) is 85.6 cm³/mol. The first-order chi connectivity index (χ1) is 9.65. The van der Waals surface area contributed by atoms with Crippen molar-refractivity contribution in [1.29, 1.82) is 0 Å². The van der Waals surface area contributed by atoms with Gasteiger partial charge in [-0.2, -0.15) is 0 Å². The number of hydrogen-bond acceptors (Lipinski definition) is 4. The van der Waals surface area contributed by atoms with Gasteiger partial charge in [0.05, 0.1) is 0 Å². The molecule has 2 rings (SSSR count). The SMILES string of the molecule is CCNc1nc(CC)nc(Sc2ccccc2C)c1C. The molecule has 1 N–H and O–H groups in total. The molecule has 0 aliphatic heterocycles. The Morgan fingerprint density at radius 1 is 1.10 bits per heavy atom. The number of hydrogen-bond donors (Lipinski definition) is 1. The van der Waals surface area contributed by atoms with E-state index in [1.165, 1.54) is 10.5 Å². The topological polar surface area (TPSA) is 37.8 Å². The van der Waals surface area contributed by atoms with Gasteiger partial charge in [0.25, 0.3) is 0 Å². The van der Waals surface area contributed by atoms with E-state index >= 15 is 0 Å². The predicted octanol–water partition coefficient (Wildman–Crippen LogP) is 4.24. The van der Waals surface area contributed by atoms with Crippen molar-refractivity contribution >= 4 is 17.6 Å². The Morgan fingerprint density at radius 2 is 1.85 bits per heavy atom. The second-order valence-corrected chi connectivity index (χ2v) is 5.70. The molecule has 0 aliphatic rings. The van der Waals surface area contributed by atoms with Gasteiger partial charge in [0.15, 0.2) is 0 Å². The Kier molecular flexibility index (Phi) is 5.01. The third kappa shape index (κ3) is 3.31. The average Bonchev–Trinajstić information content (AvgIpc) is 2.45. The second kappa shape index (κ2) is 6.75. The lowest BCUT2D eigenvalue weighted by atomic mass is 10.2. The number of rotatable bonds is 5. The van der Waals surface area contributed by atoms with Crippen molar-refractivity contribution in [3.63, 3.8) is 0 Å². The minimum atomic E-state index is 0.847. The fraction of sp³-hybridized carbons (Fsp3) is 0.375. The highest BCUT2D eigenvalue weighted by molar-refractivity contribution is 7.99. The summed E-state index contributed by atoms with van der Waals surface area (Å²) in [5, 5.41) is 4.37. The zero-order valence-electron chi connectivity index (χ0n) is 12.5. The molecule has 0 amide bonds. The average molecular weight is 287 g/mol. The van der Waals surface area contributed by atoms with Crippen LogP contribution in [-0.4, -0.2) is 16.5 Å². The molecule has 0 aliphatic carbocycles. The summed E-state index contributed by atoms with van der Waals surface area (Å²) in [5.74, 6) is 1.85. The summed E-state index contributed by atoms with van der Waals surface area (Å²) in [6.45, 7) is 9.25. The Balaban J connectivity index is 2.40. The smallest absolute Gasteiger partial charge is 0.133 e.